The fourth-order valence-electron chi connectivity index (χ4n) is 2.73. The van der Waals surface area contributed by atoms with Crippen LogP contribution in [0.25, 0.3) is 0 Å². The molecule has 0 aliphatic carbocycles. The highest BCUT2D eigenvalue weighted by atomic mass is 32.1. The summed E-state index contributed by atoms with van der Waals surface area (Å²) in [5, 5.41) is 4.92. The van der Waals surface area contributed by atoms with E-state index in [9.17, 15) is 4.79 Å². The number of carbonyl (C=O) groups is 1. The zero-order valence-electron chi connectivity index (χ0n) is 12.4. The van der Waals surface area contributed by atoms with Gasteiger partial charge in [0.1, 0.15) is 4.88 Å². The SMILES string of the molecule is Cc1nc([C@@H]2CCCN(C(=O)c3sc(C)nc3C)C2)no1. The monoisotopic (exact) mass is 306 g/mol. The van der Waals surface area contributed by atoms with Crippen molar-refractivity contribution < 1.29 is 9.32 Å². The molecule has 6 nitrogen and oxygen atoms in total. The van der Waals surface area contributed by atoms with Gasteiger partial charge in [-0.3, -0.25) is 4.79 Å². The fourth-order valence-corrected chi connectivity index (χ4v) is 3.61. The lowest BCUT2D eigenvalue weighted by atomic mass is 9.97. The molecule has 2 aromatic rings. The Kier molecular flexibility index (Phi) is 3.75. The van der Waals surface area contributed by atoms with Gasteiger partial charge in [0.2, 0.25) is 5.89 Å². The molecule has 0 unspecified atom stereocenters. The second-order valence-electron chi connectivity index (χ2n) is 5.41. The number of rotatable bonds is 2. The van der Waals surface area contributed by atoms with Gasteiger partial charge < -0.3 is 9.42 Å². The molecule has 21 heavy (non-hydrogen) atoms. The van der Waals surface area contributed by atoms with Crippen LogP contribution < -0.4 is 0 Å². The average Bonchev–Trinajstić information content (AvgIpc) is 3.04. The normalized spacial score (nSPS) is 19.0. The summed E-state index contributed by atoms with van der Waals surface area (Å²) in [6.45, 7) is 7.03. The lowest BCUT2D eigenvalue weighted by Crippen LogP contribution is -2.39. The maximum Gasteiger partial charge on any atom is 0.265 e. The first kappa shape index (κ1) is 14.2. The number of aryl methyl sites for hydroxylation is 3. The van der Waals surface area contributed by atoms with E-state index in [1.807, 2.05) is 18.7 Å². The van der Waals surface area contributed by atoms with Crippen LogP contribution in [0.4, 0.5) is 0 Å². The van der Waals surface area contributed by atoms with Crippen LogP contribution in [0.3, 0.4) is 0 Å². The Labute approximate surface area is 127 Å². The largest absolute Gasteiger partial charge is 0.340 e. The van der Waals surface area contributed by atoms with Gasteiger partial charge in [-0.2, -0.15) is 4.98 Å². The molecule has 0 bridgehead atoms. The summed E-state index contributed by atoms with van der Waals surface area (Å²) < 4.78 is 5.05. The maximum atomic E-state index is 12.6. The van der Waals surface area contributed by atoms with Gasteiger partial charge in [-0.1, -0.05) is 5.16 Å². The number of thiazole rings is 1. The van der Waals surface area contributed by atoms with E-state index in [1.165, 1.54) is 11.3 Å². The molecule has 1 fully saturated rings. The third kappa shape index (κ3) is 2.83. The van der Waals surface area contributed by atoms with E-state index in [0.717, 1.165) is 35.0 Å². The summed E-state index contributed by atoms with van der Waals surface area (Å²) in [6.07, 6.45) is 1.95. The Morgan fingerprint density at radius 2 is 2.14 bits per heavy atom. The van der Waals surface area contributed by atoms with Gasteiger partial charge in [0.05, 0.1) is 10.7 Å². The molecule has 0 N–H and O–H groups in total. The number of nitrogens with zero attached hydrogens (tertiary/aromatic N) is 4. The zero-order chi connectivity index (χ0) is 15.0. The van der Waals surface area contributed by atoms with Crippen molar-refractivity contribution in [1.29, 1.82) is 0 Å². The van der Waals surface area contributed by atoms with Crippen LogP contribution in [-0.2, 0) is 0 Å². The molecule has 1 amide bonds. The third-order valence-corrected chi connectivity index (χ3v) is 4.78. The summed E-state index contributed by atoms with van der Waals surface area (Å²) >= 11 is 1.47. The predicted molar refractivity (Wildman–Crippen MR) is 78.5 cm³/mol. The second-order valence-corrected chi connectivity index (χ2v) is 6.61. The van der Waals surface area contributed by atoms with E-state index < -0.39 is 0 Å². The van der Waals surface area contributed by atoms with Crippen molar-refractivity contribution in [2.75, 3.05) is 13.1 Å². The number of likely N-dealkylation sites (tertiary alicyclic amines) is 1. The number of piperidine rings is 1. The van der Waals surface area contributed by atoms with Crippen LogP contribution in [0.15, 0.2) is 4.52 Å². The van der Waals surface area contributed by atoms with Crippen molar-refractivity contribution in [2.45, 2.75) is 39.5 Å². The molecule has 0 radical (unpaired) electrons. The van der Waals surface area contributed by atoms with Crippen molar-refractivity contribution in [3.05, 3.63) is 27.3 Å². The molecule has 112 valence electrons. The van der Waals surface area contributed by atoms with Crippen molar-refractivity contribution in [3.8, 4) is 0 Å². The van der Waals surface area contributed by atoms with Crippen LogP contribution in [0.5, 0.6) is 0 Å². The van der Waals surface area contributed by atoms with Crippen LogP contribution in [0.1, 0.15) is 50.8 Å². The highest BCUT2D eigenvalue weighted by molar-refractivity contribution is 7.13. The van der Waals surface area contributed by atoms with Gasteiger partial charge in [-0.15, -0.1) is 11.3 Å². The Bertz CT molecular complexity index is 664. The highest BCUT2D eigenvalue weighted by Crippen LogP contribution is 2.27. The Hall–Kier alpha value is -1.76. The second kappa shape index (κ2) is 5.55. The Morgan fingerprint density at radius 1 is 1.33 bits per heavy atom. The topological polar surface area (TPSA) is 72.1 Å². The summed E-state index contributed by atoms with van der Waals surface area (Å²) in [5.74, 6) is 1.52. The van der Waals surface area contributed by atoms with Gasteiger partial charge in [-0.05, 0) is 26.7 Å². The fraction of sp³-hybridized carbons (Fsp3) is 0.571. The van der Waals surface area contributed by atoms with E-state index in [1.54, 1.807) is 6.92 Å². The quantitative estimate of drug-likeness (QED) is 0.852. The van der Waals surface area contributed by atoms with Gasteiger partial charge in [-0.25, -0.2) is 4.98 Å². The Morgan fingerprint density at radius 3 is 2.76 bits per heavy atom. The summed E-state index contributed by atoms with van der Waals surface area (Å²) in [4.78, 5) is 23.9. The standard InChI is InChI=1S/C14H18N4O2S/c1-8-12(21-10(3)15-8)14(19)18-6-4-5-11(7-18)13-16-9(2)20-17-13/h11H,4-7H2,1-3H3/t11-/m1/s1. The number of hydrogen-bond donors (Lipinski definition) is 0. The van der Waals surface area contributed by atoms with Gasteiger partial charge in [0.15, 0.2) is 5.82 Å². The van der Waals surface area contributed by atoms with Gasteiger partial charge >= 0.3 is 0 Å². The molecule has 1 aliphatic rings. The minimum absolute atomic E-state index is 0.0722. The van der Waals surface area contributed by atoms with Crippen LogP contribution in [0.2, 0.25) is 0 Å². The molecule has 0 aromatic carbocycles. The number of amides is 1. The first-order chi connectivity index (χ1) is 10.0. The molecular weight excluding hydrogens is 288 g/mol. The first-order valence-corrected chi connectivity index (χ1v) is 7.89. The minimum Gasteiger partial charge on any atom is -0.340 e. The lowest BCUT2D eigenvalue weighted by molar-refractivity contribution is 0.0707. The number of aromatic nitrogens is 3. The predicted octanol–water partition coefficient (Wildman–Crippen LogP) is 2.47. The van der Waals surface area contributed by atoms with Crippen LogP contribution >= 0.6 is 11.3 Å². The molecule has 0 spiro atoms. The van der Waals surface area contributed by atoms with Crippen molar-refractivity contribution >= 4 is 17.2 Å². The highest BCUT2D eigenvalue weighted by Gasteiger charge is 2.29. The number of carbonyl (C=O) groups excluding carboxylic acids is 1. The summed E-state index contributed by atoms with van der Waals surface area (Å²) in [6, 6.07) is 0. The minimum atomic E-state index is 0.0722. The van der Waals surface area contributed by atoms with E-state index in [2.05, 4.69) is 15.1 Å². The Balaban J connectivity index is 1.77. The van der Waals surface area contributed by atoms with Crippen molar-refractivity contribution in [1.82, 2.24) is 20.0 Å². The van der Waals surface area contributed by atoms with Gasteiger partial charge in [0, 0.05) is 25.9 Å². The molecule has 3 heterocycles. The molecule has 2 aromatic heterocycles. The van der Waals surface area contributed by atoms with Crippen LogP contribution in [0, 0.1) is 20.8 Å². The van der Waals surface area contributed by atoms with Crippen molar-refractivity contribution in [3.63, 3.8) is 0 Å². The molecule has 1 saturated heterocycles. The summed E-state index contributed by atoms with van der Waals surface area (Å²) in [7, 11) is 0. The molecule has 1 aliphatic heterocycles. The third-order valence-electron chi connectivity index (χ3n) is 3.71. The molecule has 1 atom stereocenters. The first-order valence-electron chi connectivity index (χ1n) is 7.08. The lowest BCUT2D eigenvalue weighted by Gasteiger charge is -2.31. The van der Waals surface area contributed by atoms with Crippen LogP contribution in [-0.4, -0.2) is 39.0 Å². The molecule has 3 rings (SSSR count). The summed E-state index contributed by atoms with van der Waals surface area (Å²) in [5.41, 5.74) is 0.819. The molecular formula is C14H18N4O2S. The van der Waals surface area contributed by atoms with E-state index >= 15 is 0 Å². The van der Waals surface area contributed by atoms with E-state index in [-0.39, 0.29) is 11.8 Å². The van der Waals surface area contributed by atoms with Gasteiger partial charge in [0.25, 0.3) is 5.91 Å². The zero-order valence-corrected chi connectivity index (χ0v) is 13.2. The van der Waals surface area contributed by atoms with Crippen molar-refractivity contribution in [2.24, 2.45) is 0 Å². The van der Waals surface area contributed by atoms with E-state index in [4.69, 9.17) is 4.52 Å². The average molecular weight is 306 g/mol. The van der Waals surface area contributed by atoms with E-state index in [0.29, 0.717) is 18.3 Å². The number of hydrogen-bond acceptors (Lipinski definition) is 6. The molecule has 0 saturated carbocycles. The molecule has 7 heteroatoms. The maximum absolute atomic E-state index is 12.6. The smallest absolute Gasteiger partial charge is 0.265 e.